The topological polar surface area (TPSA) is 69.7 Å². The van der Waals surface area contributed by atoms with Crippen LogP contribution in [0.15, 0.2) is 23.3 Å². The van der Waals surface area contributed by atoms with Crippen molar-refractivity contribution in [1.29, 1.82) is 0 Å². The van der Waals surface area contributed by atoms with Gasteiger partial charge in [-0.15, -0.1) is 0 Å². The molecule has 0 saturated heterocycles. The zero-order valence-electron chi connectivity index (χ0n) is 13.5. The van der Waals surface area contributed by atoms with Crippen LogP contribution in [0, 0.1) is 17.3 Å². The van der Waals surface area contributed by atoms with Crippen LogP contribution in [0.1, 0.15) is 33.1 Å². The zero-order valence-corrected chi connectivity index (χ0v) is 13.5. The fourth-order valence-corrected chi connectivity index (χ4v) is 3.68. The van der Waals surface area contributed by atoms with E-state index in [1.807, 2.05) is 19.1 Å². The zero-order chi connectivity index (χ0) is 16.5. The van der Waals surface area contributed by atoms with Crippen LogP contribution in [-0.4, -0.2) is 31.9 Å². The quantitative estimate of drug-likeness (QED) is 0.454. The summed E-state index contributed by atoms with van der Waals surface area (Å²) in [6, 6.07) is 0. The first-order chi connectivity index (χ1) is 10.4. The van der Waals surface area contributed by atoms with E-state index in [1.165, 1.54) is 14.2 Å². The van der Waals surface area contributed by atoms with Crippen molar-refractivity contribution >= 4 is 17.7 Å². The van der Waals surface area contributed by atoms with E-state index in [1.54, 1.807) is 6.92 Å². The first-order valence-corrected chi connectivity index (χ1v) is 7.41. The molecular weight excluding hydrogens is 284 g/mol. The van der Waals surface area contributed by atoms with Crippen LogP contribution in [-0.2, 0) is 23.9 Å². The lowest BCUT2D eigenvalue weighted by molar-refractivity contribution is -0.168. The molecule has 0 unspecified atom stereocenters. The Hall–Kier alpha value is -1.91. The second-order valence-corrected chi connectivity index (χ2v) is 6.09. The highest BCUT2D eigenvalue weighted by Gasteiger charge is 2.55. The second-order valence-electron chi connectivity index (χ2n) is 6.09. The number of carbonyl (C=O) groups is 3. The van der Waals surface area contributed by atoms with Gasteiger partial charge in [0.15, 0.2) is 5.41 Å². The Labute approximate surface area is 130 Å². The minimum absolute atomic E-state index is 0.0254. The number of Topliss-reactive ketones (excluding diaryl/α,β-unsaturated/α-hetero) is 1. The van der Waals surface area contributed by atoms with Gasteiger partial charge < -0.3 is 9.47 Å². The number of esters is 2. The summed E-state index contributed by atoms with van der Waals surface area (Å²) in [5.74, 6) is -1.24. The second kappa shape index (κ2) is 6.07. The molecule has 2 aliphatic rings. The number of hydrogen-bond acceptors (Lipinski definition) is 5. The molecule has 0 spiro atoms. The van der Waals surface area contributed by atoms with Gasteiger partial charge in [-0.1, -0.05) is 23.3 Å². The number of ketones is 1. The Balaban J connectivity index is 2.49. The van der Waals surface area contributed by atoms with Gasteiger partial charge >= 0.3 is 11.9 Å². The normalized spacial score (nSPS) is 26.2. The number of allylic oxidation sites excluding steroid dienone is 4. The van der Waals surface area contributed by atoms with Crippen molar-refractivity contribution in [1.82, 2.24) is 0 Å². The molecule has 0 heterocycles. The van der Waals surface area contributed by atoms with E-state index in [0.29, 0.717) is 12.8 Å². The first-order valence-electron chi connectivity index (χ1n) is 7.41. The Kier molecular flexibility index (Phi) is 4.54. The largest absolute Gasteiger partial charge is 0.468 e. The van der Waals surface area contributed by atoms with E-state index in [2.05, 4.69) is 0 Å². The number of ether oxygens (including phenoxy) is 2. The third-order valence-corrected chi connectivity index (χ3v) is 4.92. The van der Waals surface area contributed by atoms with Gasteiger partial charge in [0.25, 0.3) is 0 Å². The van der Waals surface area contributed by atoms with E-state index in [0.717, 1.165) is 11.1 Å². The van der Waals surface area contributed by atoms with E-state index >= 15 is 0 Å². The lowest BCUT2D eigenvalue weighted by Gasteiger charge is -2.23. The van der Waals surface area contributed by atoms with Crippen molar-refractivity contribution < 1.29 is 23.9 Å². The lowest BCUT2D eigenvalue weighted by atomic mass is 9.83. The van der Waals surface area contributed by atoms with Crippen LogP contribution >= 0.6 is 0 Å². The molecule has 22 heavy (non-hydrogen) atoms. The summed E-state index contributed by atoms with van der Waals surface area (Å²) in [5.41, 5.74) is 0.662. The van der Waals surface area contributed by atoms with Gasteiger partial charge in [0.1, 0.15) is 5.78 Å². The van der Waals surface area contributed by atoms with E-state index in [-0.39, 0.29) is 24.0 Å². The molecule has 1 saturated carbocycles. The molecule has 5 heteroatoms. The number of carbonyl (C=O) groups excluding carboxylic acids is 3. The maximum Gasteiger partial charge on any atom is 0.323 e. The van der Waals surface area contributed by atoms with E-state index in [9.17, 15) is 14.4 Å². The Morgan fingerprint density at radius 3 is 2.27 bits per heavy atom. The molecule has 0 aliphatic heterocycles. The molecule has 0 aromatic carbocycles. The fourth-order valence-electron chi connectivity index (χ4n) is 3.68. The van der Waals surface area contributed by atoms with Gasteiger partial charge in [0.2, 0.25) is 0 Å². The van der Waals surface area contributed by atoms with Gasteiger partial charge in [0.05, 0.1) is 14.2 Å². The first kappa shape index (κ1) is 16.5. The Morgan fingerprint density at radius 1 is 1.18 bits per heavy atom. The van der Waals surface area contributed by atoms with E-state index < -0.39 is 17.4 Å². The molecule has 5 nitrogen and oxygen atoms in total. The summed E-state index contributed by atoms with van der Waals surface area (Å²) < 4.78 is 9.71. The summed E-state index contributed by atoms with van der Waals surface area (Å²) in [7, 11) is 2.55. The monoisotopic (exact) mass is 306 g/mol. The maximum absolute atomic E-state index is 12.3. The molecule has 0 aromatic heterocycles. The molecule has 1 fully saturated rings. The molecule has 120 valence electrons. The van der Waals surface area contributed by atoms with Crippen LogP contribution in [0.5, 0.6) is 0 Å². The lowest BCUT2D eigenvalue weighted by Crippen LogP contribution is -2.39. The molecule has 0 N–H and O–H groups in total. The van der Waals surface area contributed by atoms with Gasteiger partial charge in [-0.3, -0.25) is 14.4 Å². The third-order valence-electron chi connectivity index (χ3n) is 4.92. The van der Waals surface area contributed by atoms with Crippen LogP contribution in [0.4, 0.5) is 0 Å². The molecule has 0 radical (unpaired) electrons. The summed E-state index contributed by atoms with van der Waals surface area (Å²) in [4.78, 5) is 36.3. The van der Waals surface area contributed by atoms with Gasteiger partial charge in [-0.2, -0.15) is 0 Å². The fraction of sp³-hybridized carbons (Fsp3) is 0.588. The van der Waals surface area contributed by atoms with Crippen LogP contribution in [0.2, 0.25) is 0 Å². The predicted octanol–water partition coefficient (Wildman–Crippen LogP) is 2.21. The highest BCUT2D eigenvalue weighted by atomic mass is 16.5. The Bertz CT molecular complexity index is 554. The predicted molar refractivity (Wildman–Crippen MR) is 79.8 cm³/mol. The third kappa shape index (κ3) is 2.49. The van der Waals surface area contributed by atoms with E-state index in [4.69, 9.17) is 9.47 Å². The average Bonchev–Trinajstić information content (AvgIpc) is 2.83. The highest BCUT2D eigenvalue weighted by molar-refractivity contribution is 6.01. The van der Waals surface area contributed by atoms with Crippen LogP contribution < -0.4 is 0 Å². The van der Waals surface area contributed by atoms with Crippen molar-refractivity contribution in [2.45, 2.75) is 33.1 Å². The number of fused-ring (bicyclic) bond motifs is 1. The summed E-state index contributed by atoms with van der Waals surface area (Å²) in [6.45, 7) is 3.50. The van der Waals surface area contributed by atoms with Crippen molar-refractivity contribution in [2.24, 2.45) is 17.3 Å². The average molecular weight is 306 g/mol. The minimum atomic E-state index is -1.30. The van der Waals surface area contributed by atoms with Crippen molar-refractivity contribution in [2.75, 3.05) is 14.2 Å². The highest BCUT2D eigenvalue weighted by Crippen LogP contribution is 2.50. The molecule has 0 amide bonds. The van der Waals surface area contributed by atoms with Gasteiger partial charge in [-0.05, 0) is 39.0 Å². The smallest absolute Gasteiger partial charge is 0.323 e. The standard InChI is InChI=1S/C17H22O5/c1-10-13(11(2)18)7-5-6-12-8-17(9-14(10)12,15(19)21-3)16(20)22-4/h5-6,12-13H,7-9H2,1-4H3/t12-,13+/m0/s1. The number of rotatable bonds is 3. The number of hydrogen-bond donors (Lipinski definition) is 0. The van der Waals surface area contributed by atoms with Crippen molar-refractivity contribution in [3.8, 4) is 0 Å². The molecule has 0 bridgehead atoms. The molecule has 2 atom stereocenters. The number of methoxy groups -OCH3 is 2. The minimum Gasteiger partial charge on any atom is -0.468 e. The summed E-state index contributed by atoms with van der Waals surface area (Å²) in [6.07, 6.45) is 5.23. The summed E-state index contributed by atoms with van der Waals surface area (Å²) >= 11 is 0. The molecule has 2 aliphatic carbocycles. The molecule has 2 rings (SSSR count). The van der Waals surface area contributed by atoms with Crippen molar-refractivity contribution in [3.63, 3.8) is 0 Å². The van der Waals surface area contributed by atoms with Crippen LogP contribution in [0.3, 0.4) is 0 Å². The van der Waals surface area contributed by atoms with Crippen molar-refractivity contribution in [3.05, 3.63) is 23.3 Å². The molecule has 0 aromatic rings. The van der Waals surface area contributed by atoms with Gasteiger partial charge in [-0.25, -0.2) is 0 Å². The molecular formula is C17H22O5. The van der Waals surface area contributed by atoms with Crippen LogP contribution in [0.25, 0.3) is 0 Å². The maximum atomic E-state index is 12.3. The van der Waals surface area contributed by atoms with Gasteiger partial charge in [0, 0.05) is 5.92 Å². The Morgan fingerprint density at radius 2 is 1.77 bits per heavy atom. The SMILES string of the molecule is COC(=O)C1(C(=O)OC)CC2=C(C)[C@H](C(C)=O)CC=C[C@H]2C1. The summed E-state index contributed by atoms with van der Waals surface area (Å²) in [5, 5.41) is 0.